The first-order chi connectivity index (χ1) is 14.7. The molecule has 4 aliphatic carbocycles. The molecule has 0 amide bonds. The van der Waals surface area contributed by atoms with E-state index in [9.17, 15) is 10.2 Å². The Balaban J connectivity index is 1.30. The average Bonchev–Trinajstić information content (AvgIpc) is 3.16. The maximum absolute atomic E-state index is 11.1. The highest BCUT2D eigenvalue weighted by atomic mass is 16.7. The summed E-state index contributed by atoms with van der Waals surface area (Å²) in [7, 11) is 0. The summed E-state index contributed by atoms with van der Waals surface area (Å²) in [5.41, 5.74) is 2.63. The zero-order valence-electron chi connectivity index (χ0n) is 19.5. The minimum Gasteiger partial charge on any atom is -0.393 e. The smallest absolute Gasteiger partial charge is 0.172 e. The highest BCUT2D eigenvalue weighted by Crippen LogP contribution is 2.70. The number of fused-ring (bicyclic) bond motifs is 7. The van der Waals surface area contributed by atoms with Crippen LogP contribution in [-0.4, -0.2) is 40.9 Å². The summed E-state index contributed by atoms with van der Waals surface area (Å²) in [5, 5.41) is 21.4. The van der Waals surface area contributed by atoms with Crippen LogP contribution in [0, 0.1) is 40.4 Å². The van der Waals surface area contributed by atoms with Crippen LogP contribution < -0.4 is 0 Å². The van der Waals surface area contributed by atoms with Gasteiger partial charge >= 0.3 is 0 Å². The number of rotatable bonds is 0. The van der Waals surface area contributed by atoms with Crippen LogP contribution in [0.1, 0.15) is 72.1 Å². The molecule has 0 bridgehead atoms. The Kier molecular flexibility index (Phi) is 4.50. The monoisotopic (exact) mass is 428 g/mol. The predicted octanol–water partition coefficient (Wildman–Crippen LogP) is 4.60. The van der Waals surface area contributed by atoms with Crippen LogP contribution >= 0.6 is 0 Å². The predicted molar refractivity (Wildman–Crippen MR) is 119 cm³/mol. The van der Waals surface area contributed by atoms with E-state index in [-0.39, 0.29) is 16.9 Å². The highest BCUT2D eigenvalue weighted by Gasteiger charge is 2.69. The average molecular weight is 429 g/mol. The van der Waals surface area contributed by atoms with E-state index in [2.05, 4.69) is 33.4 Å². The molecule has 2 saturated heterocycles. The third kappa shape index (κ3) is 2.62. The van der Waals surface area contributed by atoms with E-state index < -0.39 is 11.9 Å². The van der Waals surface area contributed by atoms with Gasteiger partial charge in [0.2, 0.25) is 0 Å². The summed E-state index contributed by atoms with van der Waals surface area (Å²) < 4.78 is 13.2. The van der Waals surface area contributed by atoms with Crippen LogP contribution in [-0.2, 0) is 9.47 Å². The van der Waals surface area contributed by atoms with Crippen molar-refractivity contribution in [2.45, 2.75) is 96.2 Å². The SMILES string of the molecule is C=C1CC[C@@]2(OC1)OC1CC3C4CC=C5CC(O)CC(O)[C@]5(C)C4CC[C@]3(C)C1C2C. The van der Waals surface area contributed by atoms with Crippen molar-refractivity contribution in [2.75, 3.05) is 6.61 Å². The number of aliphatic hydroxyl groups is 2. The van der Waals surface area contributed by atoms with E-state index >= 15 is 0 Å². The van der Waals surface area contributed by atoms with Gasteiger partial charge in [0.1, 0.15) is 0 Å². The topological polar surface area (TPSA) is 58.9 Å². The lowest BCUT2D eigenvalue weighted by molar-refractivity contribution is -0.255. The molecule has 2 heterocycles. The minimum absolute atomic E-state index is 0.165. The molecular formula is C27H40O4. The summed E-state index contributed by atoms with van der Waals surface area (Å²) in [6, 6.07) is 0. The van der Waals surface area contributed by atoms with Crippen LogP contribution in [0.25, 0.3) is 0 Å². The van der Waals surface area contributed by atoms with Crippen molar-refractivity contribution in [3.8, 4) is 0 Å². The maximum atomic E-state index is 11.1. The molecule has 31 heavy (non-hydrogen) atoms. The van der Waals surface area contributed by atoms with Crippen molar-refractivity contribution in [2.24, 2.45) is 40.4 Å². The quantitative estimate of drug-likeness (QED) is 0.554. The van der Waals surface area contributed by atoms with Gasteiger partial charge in [0, 0.05) is 24.2 Å². The van der Waals surface area contributed by atoms with Gasteiger partial charge in [-0.25, -0.2) is 0 Å². The number of hydrogen-bond donors (Lipinski definition) is 2. The molecule has 1 spiro atoms. The zero-order chi connectivity index (χ0) is 21.8. The third-order valence-electron chi connectivity index (χ3n) is 11.2. The van der Waals surface area contributed by atoms with Gasteiger partial charge in [-0.1, -0.05) is 44.6 Å². The number of ether oxygens (including phenoxy) is 2. The molecule has 3 saturated carbocycles. The summed E-state index contributed by atoms with van der Waals surface area (Å²) >= 11 is 0. The van der Waals surface area contributed by atoms with E-state index in [0.717, 1.165) is 32.1 Å². The Morgan fingerprint density at radius 2 is 1.94 bits per heavy atom. The van der Waals surface area contributed by atoms with E-state index in [1.165, 1.54) is 24.0 Å². The molecule has 5 fully saturated rings. The van der Waals surface area contributed by atoms with E-state index in [1.54, 1.807) is 0 Å². The molecule has 11 atom stereocenters. The first-order valence-electron chi connectivity index (χ1n) is 12.7. The first-order valence-corrected chi connectivity index (χ1v) is 12.7. The lowest BCUT2D eigenvalue weighted by Gasteiger charge is -2.59. The molecule has 2 N–H and O–H groups in total. The summed E-state index contributed by atoms with van der Waals surface area (Å²) in [5.74, 6) is 2.35. The van der Waals surface area contributed by atoms with Crippen molar-refractivity contribution >= 4 is 0 Å². The Labute approximate surface area is 187 Å². The van der Waals surface area contributed by atoms with Gasteiger partial charge in [-0.15, -0.1) is 0 Å². The fraction of sp³-hybridized carbons (Fsp3) is 0.852. The molecule has 2 aliphatic heterocycles. The lowest BCUT2D eigenvalue weighted by Crippen LogP contribution is -2.56. The lowest BCUT2D eigenvalue weighted by atomic mass is 9.46. The second-order valence-electron chi connectivity index (χ2n) is 12.3. The van der Waals surface area contributed by atoms with Gasteiger partial charge in [0.15, 0.2) is 5.79 Å². The highest BCUT2D eigenvalue weighted by molar-refractivity contribution is 5.28. The van der Waals surface area contributed by atoms with Crippen molar-refractivity contribution in [3.05, 3.63) is 23.8 Å². The fourth-order valence-corrected chi connectivity index (χ4v) is 9.55. The Hall–Kier alpha value is -0.680. The van der Waals surface area contributed by atoms with Gasteiger partial charge in [0.05, 0.1) is 24.9 Å². The van der Waals surface area contributed by atoms with E-state index in [1.807, 2.05) is 0 Å². The van der Waals surface area contributed by atoms with Crippen molar-refractivity contribution in [1.82, 2.24) is 0 Å². The molecule has 4 heteroatoms. The van der Waals surface area contributed by atoms with E-state index in [0.29, 0.717) is 48.7 Å². The van der Waals surface area contributed by atoms with Crippen LogP contribution in [0.5, 0.6) is 0 Å². The second-order valence-corrected chi connectivity index (χ2v) is 12.3. The molecule has 0 aromatic heterocycles. The molecule has 0 aromatic rings. The van der Waals surface area contributed by atoms with E-state index in [4.69, 9.17) is 9.47 Å². The molecule has 8 unspecified atom stereocenters. The van der Waals surface area contributed by atoms with Gasteiger partial charge < -0.3 is 19.7 Å². The molecule has 0 aromatic carbocycles. The normalized spacial score (nSPS) is 58.4. The van der Waals surface area contributed by atoms with Gasteiger partial charge in [-0.05, 0) is 67.6 Å². The van der Waals surface area contributed by atoms with Crippen molar-refractivity contribution < 1.29 is 19.7 Å². The molecule has 6 rings (SSSR count). The molecule has 0 radical (unpaired) electrons. The van der Waals surface area contributed by atoms with Gasteiger partial charge in [-0.3, -0.25) is 0 Å². The van der Waals surface area contributed by atoms with Crippen LogP contribution in [0.3, 0.4) is 0 Å². The van der Waals surface area contributed by atoms with Crippen LogP contribution in [0.15, 0.2) is 23.8 Å². The Morgan fingerprint density at radius 1 is 1.13 bits per heavy atom. The van der Waals surface area contributed by atoms with Gasteiger partial charge in [0.25, 0.3) is 0 Å². The zero-order valence-corrected chi connectivity index (χ0v) is 19.5. The number of hydrogen-bond acceptors (Lipinski definition) is 4. The van der Waals surface area contributed by atoms with Crippen LogP contribution in [0.2, 0.25) is 0 Å². The largest absolute Gasteiger partial charge is 0.393 e. The Morgan fingerprint density at radius 3 is 2.68 bits per heavy atom. The summed E-state index contributed by atoms with van der Waals surface area (Å²) in [6.07, 6.45) is 9.75. The first kappa shape index (κ1) is 20.9. The molecule has 6 aliphatic rings. The fourth-order valence-electron chi connectivity index (χ4n) is 9.55. The minimum atomic E-state index is -0.428. The number of aliphatic hydroxyl groups excluding tert-OH is 2. The summed E-state index contributed by atoms with van der Waals surface area (Å²) in [4.78, 5) is 0. The van der Waals surface area contributed by atoms with Crippen LogP contribution in [0.4, 0.5) is 0 Å². The molecule has 172 valence electrons. The number of allylic oxidation sites excluding steroid dienone is 1. The molecular weight excluding hydrogens is 388 g/mol. The maximum Gasteiger partial charge on any atom is 0.172 e. The standard InChI is InChI=1S/C27H40O4/c1-15-7-10-27(30-14-15)16(2)24-22(31-27)13-21-19-6-5-17-11-18(28)12-23(29)26(17,4)20(19)8-9-25(21,24)3/h5,16,18-24,28-29H,1,6-14H2,2-4H3/t16?,18?,19?,20?,21?,22?,23?,24?,25-,26-,27+/m0/s1. The third-order valence-corrected chi connectivity index (χ3v) is 11.2. The summed E-state index contributed by atoms with van der Waals surface area (Å²) in [6.45, 7) is 12.0. The van der Waals surface area contributed by atoms with Crippen molar-refractivity contribution in [3.63, 3.8) is 0 Å². The van der Waals surface area contributed by atoms with Gasteiger partial charge in [-0.2, -0.15) is 0 Å². The molecule has 4 nitrogen and oxygen atoms in total. The van der Waals surface area contributed by atoms with Crippen molar-refractivity contribution in [1.29, 1.82) is 0 Å². The second kappa shape index (κ2) is 6.68. The Bertz CT molecular complexity index is 808.